The zero-order chi connectivity index (χ0) is 15.9. The van der Waals surface area contributed by atoms with Gasteiger partial charge in [-0.1, -0.05) is 42.5 Å². The maximum atomic E-state index is 6.30. The summed E-state index contributed by atoms with van der Waals surface area (Å²) < 4.78 is 17.7. The Labute approximate surface area is 136 Å². The molecule has 1 aliphatic heterocycles. The van der Waals surface area contributed by atoms with Crippen molar-refractivity contribution in [1.82, 2.24) is 5.32 Å². The first-order valence-electron chi connectivity index (χ1n) is 7.85. The lowest BCUT2D eigenvalue weighted by molar-refractivity contribution is 0.0165. The summed E-state index contributed by atoms with van der Waals surface area (Å²) in [6.45, 7) is 3.25. The smallest absolute Gasteiger partial charge is 0.162 e. The van der Waals surface area contributed by atoms with Gasteiger partial charge in [-0.3, -0.25) is 0 Å². The molecule has 3 rings (SSSR count). The second kappa shape index (κ2) is 7.58. The fraction of sp³-hybridized carbons (Fsp3) is 0.263. The van der Waals surface area contributed by atoms with Gasteiger partial charge in [0, 0.05) is 6.20 Å². The Kier molecular flexibility index (Phi) is 5.04. The molecule has 0 spiro atoms. The van der Waals surface area contributed by atoms with E-state index in [0.717, 1.165) is 17.1 Å². The van der Waals surface area contributed by atoms with E-state index in [0.29, 0.717) is 13.2 Å². The van der Waals surface area contributed by atoms with E-state index in [4.69, 9.17) is 14.2 Å². The molecular weight excluding hydrogens is 290 g/mol. The third-order valence-corrected chi connectivity index (χ3v) is 3.63. The maximum absolute atomic E-state index is 6.30. The Morgan fingerprint density at radius 1 is 1.09 bits per heavy atom. The summed E-state index contributed by atoms with van der Waals surface area (Å²) in [5, 5.41) is 3.19. The van der Waals surface area contributed by atoms with Crippen LogP contribution in [0.25, 0.3) is 0 Å². The fourth-order valence-electron chi connectivity index (χ4n) is 2.56. The molecule has 1 N–H and O–H groups in total. The van der Waals surface area contributed by atoms with Crippen LogP contribution in [0.1, 0.15) is 18.6 Å². The molecule has 23 heavy (non-hydrogen) atoms. The lowest BCUT2D eigenvalue weighted by atomic mass is 10.0. The Morgan fingerprint density at radius 2 is 1.83 bits per heavy atom. The molecule has 1 heterocycles. The predicted molar refractivity (Wildman–Crippen MR) is 89.4 cm³/mol. The maximum Gasteiger partial charge on any atom is 0.162 e. The number of rotatable bonds is 6. The van der Waals surface area contributed by atoms with E-state index in [1.54, 1.807) is 12.5 Å². The van der Waals surface area contributed by atoms with Crippen LogP contribution in [0.4, 0.5) is 0 Å². The molecule has 1 aliphatic rings. The quantitative estimate of drug-likeness (QED) is 0.883. The number of ether oxygens (including phenoxy) is 3. The molecule has 0 unspecified atom stereocenters. The molecule has 0 bridgehead atoms. The van der Waals surface area contributed by atoms with E-state index in [2.05, 4.69) is 17.4 Å². The molecule has 0 saturated carbocycles. The van der Waals surface area contributed by atoms with E-state index in [-0.39, 0.29) is 12.2 Å². The molecule has 0 fully saturated rings. The molecule has 4 nitrogen and oxygen atoms in total. The van der Waals surface area contributed by atoms with Crippen LogP contribution < -0.4 is 14.8 Å². The van der Waals surface area contributed by atoms with Gasteiger partial charge in [0.1, 0.15) is 0 Å². The fourth-order valence-corrected chi connectivity index (χ4v) is 2.56. The predicted octanol–water partition coefficient (Wildman–Crippen LogP) is 3.67. The molecule has 2 aromatic rings. The summed E-state index contributed by atoms with van der Waals surface area (Å²) in [4.78, 5) is 0. The lowest BCUT2D eigenvalue weighted by Gasteiger charge is -2.30. The van der Waals surface area contributed by atoms with Crippen molar-refractivity contribution < 1.29 is 14.2 Å². The average Bonchev–Trinajstić information content (AvgIpc) is 2.63. The lowest BCUT2D eigenvalue weighted by Crippen LogP contribution is -2.36. The van der Waals surface area contributed by atoms with Gasteiger partial charge >= 0.3 is 0 Å². The van der Waals surface area contributed by atoms with Crippen molar-refractivity contribution in [1.29, 1.82) is 0 Å². The topological polar surface area (TPSA) is 39.7 Å². The Bertz CT molecular complexity index is 642. The Morgan fingerprint density at radius 3 is 2.52 bits per heavy atom. The highest BCUT2D eigenvalue weighted by Gasteiger charge is 2.28. The van der Waals surface area contributed by atoms with Gasteiger partial charge < -0.3 is 19.5 Å². The minimum Gasteiger partial charge on any atom is -0.490 e. The SMILES string of the molecule is CCOc1ccccc1O[C@@H](c1ccccc1)[C@@H]1CNC=CO1. The van der Waals surface area contributed by atoms with Gasteiger partial charge in [-0.2, -0.15) is 0 Å². The first kappa shape index (κ1) is 15.3. The Hall–Kier alpha value is -2.62. The highest BCUT2D eigenvalue weighted by molar-refractivity contribution is 5.40. The first-order chi connectivity index (χ1) is 11.4. The summed E-state index contributed by atoms with van der Waals surface area (Å²) in [6.07, 6.45) is 3.13. The van der Waals surface area contributed by atoms with Crippen LogP contribution >= 0.6 is 0 Å². The van der Waals surface area contributed by atoms with E-state index in [1.807, 2.05) is 49.4 Å². The van der Waals surface area contributed by atoms with Gasteiger partial charge in [0.2, 0.25) is 0 Å². The molecular formula is C19H21NO3. The van der Waals surface area contributed by atoms with Crippen molar-refractivity contribution in [3.8, 4) is 11.5 Å². The van der Waals surface area contributed by atoms with Gasteiger partial charge in [0.15, 0.2) is 23.7 Å². The third-order valence-electron chi connectivity index (χ3n) is 3.63. The van der Waals surface area contributed by atoms with Crippen LogP contribution in [-0.4, -0.2) is 19.3 Å². The van der Waals surface area contributed by atoms with Crippen molar-refractivity contribution in [2.45, 2.75) is 19.1 Å². The van der Waals surface area contributed by atoms with Crippen molar-refractivity contribution in [3.63, 3.8) is 0 Å². The van der Waals surface area contributed by atoms with E-state index in [1.165, 1.54) is 0 Å². The average molecular weight is 311 g/mol. The molecule has 4 heteroatoms. The van der Waals surface area contributed by atoms with Crippen LogP contribution in [0.15, 0.2) is 67.1 Å². The van der Waals surface area contributed by atoms with Crippen LogP contribution in [0, 0.1) is 0 Å². The molecule has 0 aromatic heterocycles. The summed E-state index contributed by atoms with van der Waals surface area (Å²) in [7, 11) is 0. The monoisotopic (exact) mass is 311 g/mol. The van der Waals surface area contributed by atoms with Crippen molar-refractivity contribution in [2.24, 2.45) is 0 Å². The second-order valence-electron chi connectivity index (χ2n) is 5.21. The third kappa shape index (κ3) is 3.77. The second-order valence-corrected chi connectivity index (χ2v) is 5.21. The molecule has 0 radical (unpaired) electrons. The number of hydrogen-bond acceptors (Lipinski definition) is 4. The zero-order valence-electron chi connectivity index (χ0n) is 13.1. The highest BCUT2D eigenvalue weighted by atomic mass is 16.6. The minimum absolute atomic E-state index is 0.114. The molecule has 2 aromatic carbocycles. The summed E-state index contributed by atoms with van der Waals surface area (Å²) in [6, 6.07) is 17.8. The summed E-state index contributed by atoms with van der Waals surface area (Å²) in [5.74, 6) is 1.47. The molecule has 0 saturated heterocycles. The van der Waals surface area contributed by atoms with Crippen LogP contribution in [0.5, 0.6) is 11.5 Å². The van der Waals surface area contributed by atoms with Crippen LogP contribution in [0.2, 0.25) is 0 Å². The number of para-hydroxylation sites is 2. The van der Waals surface area contributed by atoms with Gasteiger partial charge in [0.25, 0.3) is 0 Å². The van der Waals surface area contributed by atoms with Crippen LogP contribution in [-0.2, 0) is 4.74 Å². The van der Waals surface area contributed by atoms with Gasteiger partial charge in [-0.15, -0.1) is 0 Å². The molecule has 2 atom stereocenters. The molecule has 120 valence electrons. The van der Waals surface area contributed by atoms with Gasteiger partial charge in [0.05, 0.1) is 19.4 Å². The number of benzene rings is 2. The van der Waals surface area contributed by atoms with Gasteiger partial charge in [-0.25, -0.2) is 0 Å². The standard InChI is InChI=1S/C19H21NO3/c1-2-21-16-10-6-7-11-17(16)23-19(15-8-4-3-5-9-15)18-14-20-12-13-22-18/h3-13,18-20H,2,14H2,1H3/t18-,19-/m0/s1. The minimum atomic E-state index is -0.227. The van der Waals surface area contributed by atoms with E-state index >= 15 is 0 Å². The highest BCUT2D eigenvalue weighted by Crippen LogP contribution is 2.33. The number of nitrogens with one attached hydrogen (secondary N) is 1. The van der Waals surface area contributed by atoms with Crippen molar-refractivity contribution in [3.05, 3.63) is 72.6 Å². The molecule has 0 aliphatic carbocycles. The van der Waals surface area contributed by atoms with Crippen molar-refractivity contribution in [2.75, 3.05) is 13.2 Å². The van der Waals surface area contributed by atoms with Crippen molar-refractivity contribution >= 4 is 0 Å². The largest absolute Gasteiger partial charge is 0.490 e. The van der Waals surface area contributed by atoms with Crippen LogP contribution in [0.3, 0.4) is 0 Å². The van der Waals surface area contributed by atoms with E-state index < -0.39 is 0 Å². The summed E-state index contributed by atoms with van der Waals surface area (Å²) in [5.41, 5.74) is 1.07. The molecule has 0 amide bonds. The summed E-state index contributed by atoms with van der Waals surface area (Å²) >= 11 is 0. The van der Waals surface area contributed by atoms with E-state index in [9.17, 15) is 0 Å². The number of hydrogen-bond donors (Lipinski definition) is 1. The first-order valence-corrected chi connectivity index (χ1v) is 7.85. The van der Waals surface area contributed by atoms with Gasteiger partial charge in [-0.05, 0) is 24.6 Å². The zero-order valence-corrected chi connectivity index (χ0v) is 13.1. The Balaban J connectivity index is 1.88. The normalized spacial score (nSPS) is 17.7.